The second-order valence-corrected chi connectivity index (χ2v) is 5.93. The van der Waals surface area contributed by atoms with E-state index < -0.39 is 0 Å². The third-order valence-electron chi connectivity index (χ3n) is 4.69. The van der Waals surface area contributed by atoms with Crippen molar-refractivity contribution in [2.45, 2.75) is 25.2 Å². The predicted octanol–water partition coefficient (Wildman–Crippen LogP) is 3.62. The number of hydrogen-bond acceptors (Lipinski definition) is 2. The van der Waals surface area contributed by atoms with Gasteiger partial charge in [0.2, 0.25) is 0 Å². The molecule has 2 N–H and O–H groups in total. The molecular formula is C18H19N3. The van der Waals surface area contributed by atoms with Gasteiger partial charge in [-0.2, -0.15) is 0 Å². The van der Waals surface area contributed by atoms with Crippen molar-refractivity contribution in [3.8, 4) is 0 Å². The summed E-state index contributed by atoms with van der Waals surface area (Å²) in [6, 6.07) is 10.9. The van der Waals surface area contributed by atoms with E-state index in [0.29, 0.717) is 11.7 Å². The second kappa shape index (κ2) is 4.62. The van der Waals surface area contributed by atoms with Crippen molar-refractivity contribution < 1.29 is 0 Å². The van der Waals surface area contributed by atoms with E-state index in [0.717, 1.165) is 5.52 Å². The Balaban J connectivity index is 1.95. The zero-order valence-corrected chi connectivity index (χ0v) is 12.2. The third kappa shape index (κ3) is 1.84. The average Bonchev–Trinajstić information content (AvgIpc) is 2.85. The van der Waals surface area contributed by atoms with Crippen molar-refractivity contribution in [3.05, 3.63) is 59.4 Å². The number of fused-ring (bicyclic) bond motifs is 2. The van der Waals surface area contributed by atoms with Crippen LogP contribution in [0.3, 0.4) is 0 Å². The Hall–Kier alpha value is -2.29. The summed E-state index contributed by atoms with van der Waals surface area (Å²) < 4.78 is 2.12. The van der Waals surface area contributed by atoms with Crippen LogP contribution in [0.15, 0.2) is 42.7 Å². The van der Waals surface area contributed by atoms with Crippen LogP contribution in [0.1, 0.15) is 35.4 Å². The minimum Gasteiger partial charge on any atom is -0.382 e. The maximum absolute atomic E-state index is 6.06. The third-order valence-corrected chi connectivity index (χ3v) is 4.69. The van der Waals surface area contributed by atoms with E-state index in [1.165, 1.54) is 41.3 Å². The monoisotopic (exact) mass is 277 g/mol. The van der Waals surface area contributed by atoms with E-state index >= 15 is 0 Å². The van der Waals surface area contributed by atoms with Gasteiger partial charge in [-0.1, -0.05) is 24.3 Å². The fourth-order valence-corrected chi connectivity index (χ4v) is 3.77. The number of nitrogens with two attached hydrogens (primary N) is 1. The van der Waals surface area contributed by atoms with Crippen molar-refractivity contribution in [2.75, 3.05) is 5.73 Å². The van der Waals surface area contributed by atoms with Gasteiger partial charge < -0.3 is 10.3 Å². The van der Waals surface area contributed by atoms with E-state index in [2.05, 4.69) is 53.1 Å². The van der Waals surface area contributed by atoms with Crippen LogP contribution in [-0.2, 0) is 13.5 Å². The number of anilines is 1. The molecule has 3 aromatic rings. The molecule has 1 unspecified atom stereocenters. The molecule has 106 valence electrons. The molecule has 0 amide bonds. The molecule has 21 heavy (non-hydrogen) atoms. The van der Waals surface area contributed by atoms with Crippen LogP contribution in [0.25, 0.3) is 10.9 Å². The number of aromatic nitrogens is 2. The summed E-state index contributed by atoms with van der Waals surface area (Å²) >= 11 is 0. The summed E-state index contributed by atoms with van der Waals surface area (Å²) in [4.78, 5) is 4.23. The number of pyridine rings is 1. The lowest BCUT2D eigenvalue weighted by Crippen LogP contribution is -2.10. The Kier molecular flexibility index (Phi) is 2.74. The number of nitrogens with zero attached hydrogens (tertiary/aromatic N) is 2. The summed E-state index contributed by atoms with van der Waals surface area (Å²) in [5, 5.41) is 1.24. The molecule has 1 atom stereocenters. The highest BCUT2D eigenvalue weighted by molar-refractivity contribution is 5.92. The van der Waals surface area contributed by atoms with Crippen molar-refractivity contribution in [3.63, 3.8) is 0 Å². The Morgan fingerprint density at radius 1 is 1.19 bits per heavy atom. The molecule has 1 aliphatic carbocycles. The number of hydrogen-bond donors (Lipinski definition) is 1. The molecule has 0 aliphatic heterocycles. The molecule has 2 heterocycles. The molecule has 3 nitrogen and oxygen atoms in total. The van der Waals surface area contributed by atoms with Gasteiger partial charge in [-0.3, -0.25) is 0 Å². The summed E-state index contributed by atoms with van der Waals surface area (Å²) in [5.74, 6) is 1.09. The zero-order valence-electron chi connectivity index (χ0n) is 12.2. The molecule has 3 heteroatoms. The molecular weight excluding hydrogens is 258 g/mol. The Bertz CT molecular complexity index is 816. The Morgan fingerprint density at radius 3 is 2.95 bits per heavy atom. The standard InChI is InChI=1S/C18H19N3/c1-21-11-16(15-9-10-20-18(19)17(15)21)14-8-4-6-12-5-2-3-7-13(12)14/h2-3,5,7,9-11,14H,4,6,8H2,1H3,(H2,19,20). The van der Waals surface area contributed by atoms with Crippen LogP contribution in [0.2, 0.25) is 0 Å². The highest BCUT2D eigenvalue weighted by Crippen LogP contribution is 2.40. The fraction of sp³-hybridized carbons (Fsp3) is 0.278. The fourth-order valence-electron chi connectivity index (χ4n) is 3.77. The quantitative estimate of drug-likeness (QED) is 0.738. The van der Waals surface area contributed by atoms with E-state index in [9.17, 15) is 0 Å². The van der Waals surface area contributed by atoms with Crippen molar-refractivity contribution in [2.24, 2.45) is 7.05 Å². The largest absolute Gasteiger partial charge is 0.382 e. The van der Waals surface area contributed by atoms with Crippen LogP contribution in [0.4, 0.5) is 5.82 Å². The maximum Gasteiger partial charge on any atom is 0.147 e. The minimum atomic E-state index is 0.473. The van der Waals surface area contributed by atoms with Crippen molar-refractivity contribution in [1.82, 2.24) is 9.55 Å². The molecule has 0 saturated carbocycles. The smallest absolute Gasteiger partial charge is 0.147 e. The molecule has 2 aromatic heterocycles. The highest BCUT2D eigenvalue weighted by atomic mass is 15.0. The van der Waals surface area contributed by atoms with Crippen LogP contribution in [-0.4, -0.2) is 9.55 Å². The molecule has 1 aromatic carbocycles. The van der Waals surface area contributed by atoms with Crippen LogP contribution in [0.5, 0.6) is 0 Å². The van der Waals surface area contributed by atoms with Crippen molar-refractivity contribution in [1.29, 1.82) is 0 Å². The van der Waals surface area contributed by atoms with E-state index in [1.54, 1.807) is 0 Å². The maximum atomic E-state index is 6.06. The highest BCUT2D eigenvalue weighted by Gasteiger charge is 2.24. The molecule has 1 aliphatic rings. The van der Waals surface area contributed by atoms with Crippen LogP contribution >= 0.6 is 0 Å². The van der Waals surface area contributed by atoms with Gasteiger partial charge in [0.05, 0.1) is 5.52 Å². The summed E-state index contributed by atoms with van der Waals surface area (Å²) in [6.07, 6.45) is 7.70. The lowest BCUT2D eigenvalue weighted by atomic mass is 9.79. The van der Waals surface area contributed by atoms with Gasteiger partial charge in [0.25, 0.3) is 0 Å². The first-order chi connectivity index (χ1) is 10.3. The normalized spacial score (nSPS) is 17.9. The summed E-state index contributed by atoms with van der Waals surface area (Å²) in [5.41, 5.74) is 11.5. The first kappa shape index (κ1) is 12.5. The van der Waals surface area contributed by atoms with Gasteiger partial charge in [0, 0.05) is 30.7 Å². The molecule has 0 spiro atoms. The van der Waals surface area contributed by atoms with E-state index in [1.807, 2.05) is 6.20 Å². The zero-order chi connectivity index (χ0) is 14.4. The number of benzene rings is 1. The van der Waals surface area contributed by atoms with E-state index in [4.69, 9.17) is 5.73 Å². The average molecular weight is 277 g/mol. The Labute approximate surface area is 124 Å². The molecule has 0 saturated heterocycles. The predicted molar refractivity (Wildman–Crippen MR) is 86.3 cm³/mol. The lowest BCUT2D eigenvalue weighted by molar-refractivity contribution is 0.617. The van der Waals surface area contributed by atoms with Gasteiger partial charge in [0.1, 0.15) is 5.82 Å². The number of nitrogen functional groups attached to an aromatic ring is 1. The summed E-state index contributed by atoms with van der Waals surface area (Å²) in [6.45, 7) is 0. The van der Waals surface area contributed by atoms with Gasteiger partial charge in [-0.05, 0) is 42.0 Å². The first-order valence-electron chi connectivity index (χ1n) is 7.53. The Morgan fingerprint density at radius 2 is 2.05 bits per heavy atom. The van der Waals surface area contributed by atoms with Gasteiger partial charge in [-0.15, -0.1) is 0 Å². The van der Waals surface area contributed by atoms with Gasteiger partial charge in [0.15, 0.2) is 0 Å². The van der Waals surface area contributed by atoms with Gasteiger partial charge in [-0.25, -0.2) is 4.98 Å². The number of rotatable bonds is 1. The summed E-state index contributed by atoms with van der Waals surface area (Å²) in [7, 11) is 2.05. The SMILES string of the molecule is Cn1cc(C2CCCc3ccccc32)c2ccnc(N)c21. The molecule has 0 fully saturated rings. The molecule has 4 rings (SSSR count). The number of aryl methyl sites for hydroxylation is 2. The minimum absolute atomic E-state index is 0.473. The first-order valence-corrected chi connectivity index (χ1v) is 7.53. The molecule has 0 radical (unpaired) electrons. The van der Waals surface area contributed by atoms with Gasteiger partial charge >= 0.3 is 0 Å². The molecule has 0 bridgehead atoms. The lowest BCUT2D eigenvalue weighted by Gasteiger charge is -2.25. The van der Waals surface area contributed by atoms with E-state index in [-0.39, 0.29) is 0 Å². The van der Waals surface area contributed by atoms with Crippen LogP contribution < -0.4 is 5.73 Å². The topological polar surface area (TPSA) is 43.8 Å². The van der Waals surface area contributed by atoms with Crippen molar-refractivity contribution >= 4 is 16.7 Å². The van der Waals surface area contributed by atoms with Crippen LogP contribution in [0, 0.1) is 0 Å². The second-order valence-electron chi connectivity index (χ2n) is 5.93.